The van der Waals surface area contributed by atoms with Gasteiger partial charge in [-0.05, 0) is 43.7 Å². The Labute approximate surface area is 85.0 Å². The molecule has 0 aromatic carbocycles. The molecule has 0 fully saturated rings. The summed E-state index contributed by atoms with van der Waals surface area (Å²) in [5.74, 6) is 0. The lowest BCUT2D eigenvalue weighted by molar-refractivity contribution is 0.168. The van der Waals surface area contributed by atoms with Crippen LogP contribution in [0.4, 0.5) is 0 Å². The van der Waals surface area contributed by atoms with Crippen LogP contribution < -0.4 is 0 Å². The van der Waals surface area contributed by atoms with Gasteiger partial charge >= 0.3 is 0 Å². The summed E-state index contributed by atoms with van der Waals surface area (Å²) >= 11 is 0. The minimum absolute atomic E-state index is 0.387. The average molecular weight is 191 g/mol. The van der Waals surface area contributed by atoms with Crippen molar-refractivity contribution in [2.24, 2.45) is 0 Å². The number of aryl methyl sites for hydroxylation is 2. The van der Waals surface area contributed by atoms with Crippen LogP contribution in [-0.4, -0.2) is 10.1 Å². The number of pyridine rings is 1. The fraction of sp³-hybridized carbons (Fsp3) is 0.583. The molecule has 14 heavy (non-hydrogen) atoms. The molecule has 2 nitrogen and oxygen atoms in total. The summed E-state index contributed by atoms with van der Waals surface area (Å²) in [7, 11) is 0. The number of hydrogen-bond acceptors (Lipinski definition) is 2. The first-order valence-corrected chi connectivity index (χ1v) is 5.48. The number of fused-ring (bicyclic) bond motifs is 1. The van der Waals surface area contributed by atoms with Crippen molar-refractivity contribution in [2.75, 3.05) is 0 Å². The van der Waals surface area contributed by atoms with Gasteiger partial charge in [0.1, 0.15) is 0 Å². The lowest BCUT2D eigenvalue weighted by Gasteiger charge is -2.16. The number of aliphatic hydroxyl groups excluding tert-OH is 1. The fourth-order valence-electron chi connectivity index (χ4n) is 1.99. The molecule has 1 atom stereocenters. The van der Waals surface area contributed by atoms with Crippen LogP contribution in [0.2, 0.25) is 0 Å². The number of aliphatic hydroxyl groups is 1. The molecule has 0 saturated carbocycles. The molecule has 1 N–H and O–H groups in total. The van der Waals surface area contributed by atoms with Crippen LogP contribution >= 0.6 is 0 Å². The maximum absolute atomic E-state index is 9.67. The van der Waals surface area contributed by atoms with Crippen LogP contribution in [0, 0.1) is 0 Å². The van der Waals surface area contributed by atoms with Gasteiger partial charge in [-0.3, -0.25) is 4.98 Å². The maximum Gasteiger partial charge on any atom is 0.0957 e. The third-order valence-corrected chi connectivity index (χ3v) is 2.93. The smallest absolute Gasteiger partial charge is 0.0957 e. The molecule has 0 saturated heterocycles. The molecule has 1 unspecified atom stereocenters. The Morgan fingerprint density at radius 3 is 2.93 bits per heavy atom. The predicted molar refractivity (Wildman–Crippen MR) is 56.1 cm³/mol. The van der Waals surface area contributed by atoms with Crippen molar-refractivity contribution in [1.29, 1.82) is 0 Å². The third-order valence-electron chi connectivity index (χ3n) is 2.93. The van der Waals surface area contributed by atoms with E-state index in [1.165, 1.54) is 24.1 Å². The van der Waals surface area contributed by atoms with E-state index < -0.39 is 0 Å². The third kappa shape index (κ3) is 1.80. The van der Waals surface area contributed by atoms with Crippen molar-refractivity contribution >= 4 is 0 Å². The molecule has 2 heteroatoms. The molecule has 1 aliphatic rings. The molecule has 0 amide bonds. The fourth-order valence-corrected chi connectivity index (χ4v) is 1.99. The van der Waals surface area contributed by atoms with Crippen molar-refractivity contribution in [1.82, 2.24) is 4.98 Å². The van der Waals surface area contributed by atoms with Crippen molar-refractivity contribution in [3.05, 3.63) is 29.1 Å². The first-order chi connectivity index (χ1) is 6.81. The second kappa shape index (κ2) is 4.09. The van der Waals surface area contributed by atoms with Crippen LogP contribution in [0.3, 0.4) is 0 Å². The van der Waals surface area contributed by atoms with Gasteiger partial charge in [0, 0.05) is 5.69 Å². The van der Waals surface area contributed by atoms with Crippen LogP contribution in [0.1, 0.15) is 49.2 Å². The summed E-state index contributed by atoms with van der Waals surface area (Å²) in [6.45, 7) is 1.98. The van der Waals surface area contributed by atoms with Gasteiger partial charge in [-0.15, -0.1) is 0 Å². The average Bonchev–Trinajstić information content (AvgIpc) is 2.27. The lowest BCUT2D eigenvalue weighted by atomic mass is 9.95. The SMILES string of the molecule is CCC(O)c1ccc2c(n1)CCCC2. The summed E-state index contributed by atoms with van der Waals surface area (Å²) in [5.41, 5.74) is 3.43. The first-order valence-electron chi connectivity index (χ1n) is 5.48. The summed E-state index contributed by atoms with van der Waals surface area (Å²) in [4.78, 5) is 4.53. The second-order valence-corrected chi connectivity index (χ2v) is 3.97. The van der Waals surface area contributed by atoms with E-state index >= 15 is 0 Å². The molecule has 1 aromatic rings. The highest BCUT2D eigenvalue weighted by molar-refractivity contribution is 5.26. The van der Waals surface area contributed by atoms with E-state index in [1.54, 1.807) is 0 Å². The predicted octanol–water partition coefficient (Wildman–Crippen LogP) is 2.40. The van der Waals surface area contributed by atoms with E-state index in [-0.39, 0.29) is 6.10 Å². The highest BCUT2D eigenvalue weighted by Crippen LogP contribution is 2.22. The largest absolute Gasteiger partial charge is 0.387 e. The Hall–Kier alpha value is -0.890. The number of aromatic nitrogens is 1. The monoisotopic (exact) mass is 191 g/mol. The summed E-state index contributed by atoms with van der Waals surface area (Å²) in [6, 6.07) is 4.11. The lowest BCUT2D eigenvalue weighted by Crippen LogP contribution is -2.08. The maximum atomic E-state index is 9.67. The van der Waals surface area contributed by atoms with E-state index in [2.05, 4.69) is 11.1 Å². The van der Waals surface area contributed by atoms with Gasteiger partial charge in [0.15, 0.2) is 0 Å². The summed E-state index contributed by atoms with van der Waals surface area (Å²) < 4.78 is 0. The Balaban J connectivity index is 2.29. The molecule has 0 bridgehead atoms. The van der Waals surface area contributed by atoms with Crippen LogP contribution in [0.5, 0.6) is 0 Å². The van der Waals surface area contributed by atoms with Crippen molar-refractivity contribution in [3.63, 3.8) is 0 Å². The van der Waals surface area contributed by atoms with Crippen molar-refractivity contribution in [3.8, 4) is 0 Å². The van der Waals surface area contributed by atoms with E-state index in [0.29, 0.717) is 0 Å². The molecular formula is C12H17NO. The molecule has 76 valence electrons. The summed E-state index contributed by atoms with van der Waals surface area (Å²) in [6.07, 6.45) is 5.12. The molecular weight excluding hydrogens is 174 g/mol. The van der Waals surface area contributed by atoms with Crippen LogP contribution in [0.25, 0.3) is 0 Å². The minimum Gasteiger partial charge on any atom is -0.387 e. The molecule has 0 spiro atoms. The zero-order valence-corrected chi connectivity index (χ0v) is 8.66. The topological polar surface area (TPSA) is 33.1 Å². The van der Waals surface area contributed by atoms with E-state index in [9.17, 15) is 5.11 Å². The normalized spacial score (nSPS) is 17.6. The van der Waals surface area contributed by atoms with Crippen molar-refractivity contribution < 1.29 is 5.11 Å². The molecule has 1 aromatic heterocycles. The van der Waals surface area contributed by atoms with Gasteiger partial charge in [-0.2, -0.15) is 0 Å². The van der Waals surface area contributed by atoms with Gasteiger partial charge < -0.3 is 5.11 Å². The Morgan fingerprint density at radius 1 is 1.36 bits per heavy atom. The standard InChI is InChI=1S/C12H17NO/c1-2-12(14)11-8-7-9-5-3-4-6-10(9)13-11/h7-8,12,14H,2-6H2,1H3. The van der Waals surface area contributed by atoms with Crippen molar-refractivity contribution in [2.45, 2.75) is 45.1 Å². The van der Waals surface area contributed by atoms with E-state index in [0.717, 1.165) is 25.0 Å². The number of hydrogen-bond donors (Lipinski definition) is 1. The Bertz CT molecular complexity index is 322. The van der Waals surface area contributed by atoms with Crippen LogP contribution in [0.15, 0.2) is 12.1 Å². The van der Waals surface area contributed by atoms with E-state index in [4.69, 9.17) is 0 Å². The first kappa shape index (κ1) is 9.66. The summed E-state index contributed by atoms with van der Waals surface area (Å²) in [5, 5.41) is 9.67. The quantitative estimate of drug-likeness (QED) is 0.778. The van der Waals surface area contributed by atoms with Gasteiger partial charge in [0.05, 0.1) is 11.8 Å². The molecule has 2 rings (SSSR count). The second-order valence-electron chi connectivity index (χ2n) is 3.97. The molecule has 1 aliphatic carbocycles. The number of nitrogens with zero attached hydrogens (tertiary/aromatic N) is 1. The molecule has 0 aliphatic heterocycles. The van der Waals surface area contributed by atoms with Gasteiger partial charge in [0.25, 0.3) is 0 Å². The Kier molecular flexibility index (Phi) is 2.82. The van der Waals surface area contributed by atoms with E-state index in [1.807, 2.05) is 13.0 Å². The Morgan fingerprint density at radius 2 is 2.14 bits per heavy atom. The highest BCUT2D eigenvalue weighted by Gasteiger charge is 2.13. The number of rotatable bonds is 2. The zero-order chi connectivity index (χ0) is 9.97. The molecule has 0 radical (unpaired) electrons. The highest BCUT2D eigenvalue weighted by atomic mass is 16.3. The zero-order valence-electron chi connectivity index (χ0n) is 8.66. The van der Waals surface area contributed by atoms with Gasteiger partial charge in [0.2, 0.25) is 0 Å². The minimum atomic E-state index is -0.387. The van der Waals surface area contributed by atoms with Gasteiger partial charge in [-0.1, -0.05) is 13.0 Å². The van der Waals surface area contributed by atoms with Gasteiger partial charge in [-0.25, -0.2) is 0 Å². The van der Waals surface area contributed by atoms with Crippen LogP contribution in [-0.2, 0) is 12.8 Å². The molecule has 1 heterocycles.